The standard InChI is InChI=1S/C12H12FNO3S/c1-7-2-3-8(13)4-9(7)11(15)14-6-18-5-10(14)12(16)17/h2-4,10H,5-6H2,1H3,(H,16,17). The molecule has 0 spiro atoms. The van der Waals surface area contributed by atoms with Crippen LogP contribution in [-0.4, -0.2) is 39.6 Å². The van der Waals surface area contributed by atoms with E-state index in [-0.39, 0.29) is 5.56 Å². The Bertz CT molecular complexity index is 506. The van der Waals surface area contributed by atoms with Crippen LogP contribution in [0.1, 0.15) is 15.9 Å². The number of hydrogen-bond acceptors (Lipinski definition) is 3. The number of rotatable bonds is 2. The molecule has 0 bridgehead atoms. The third-order valence-corrected chi connectivity index (χ3v) is 3.87. The minimum absolute atomic E-state index is 0.226. The Morgan fingerprint density at radius 1 is 1.50 bits per heavy atom. The van der Waals surface area contributed by atoms with Crippen molar-refractivity contribution in [2.75, 3.05) is 11.6 Å². The van der Waals surface area contributed by atoms with Gasteiger partial charge in [-0.3, -0.25) is 4.79 Å². The molecule has 1 aromatic rings. The van der Waals surface area contributed by atoms with Gasteiger partial charge in [0.05, 0.1) is 5.88 Å². The average molecular weight is 269 g/mol. The first-order chi connectivity index (χ1) is 8.50. The van der Waals surface area contributed by atoms with Gasteiger partial charge in [0.25, 0.3) is 5.91 Å². The average Bonchev–Trinajstić information content (AvgIpc) is 2.80. The number of carbonyl (C=O) groups excluding carboxylic acids is 1. The Kier molecular flexibility index (Phi) is 3.56. The van der Waals surface area contributed by atoms with Crippen molar-refractivity contribution >= 4 is 23.6 Å². The van der Waals surface area contributed by atoms with Crippen molar-refractivity contribution in [3.63, 3.8) is 0 Å². The molecular formula is C12H12FNO3S. The molecule has 0 radical (unpaired) electrons. The number of nitrogens with zero attached hydrogens (tertiary/aromatic N) is 1. The molecule has 1 amide bonds. The normalized spacial score (nSPS) is 19.0. The maximum absolute atomic E-state index is 13.2. The fourth-order valence-corrected chi connectivity index (χ4v) is 2.97. The lowest BCUT2D eigenvalue weighted by molar-refractivity contribution is -0.140. The first-order valence-corrected chi connectivity index (χ1v) is 6.54. The highest BCUT2D eigenvalue weighted by Crippen LogP contribution is 2.24. The van der Waals surface area contributed by atoms with Crippen molar-refractivity contribution in [2.45, 2.75) is 13.0 Å². The van der Waals surface area contributed by atoms with Crippen LogP contribution < -0.4 is 0 Å². The molecule has 96 valence electrons. The topological polar surface area (TPSA) is 57.6 Å². The van der Waals surface area contributed by atoms with Gasteiger partial charge in [0, 0.05) is 11.3 Å². The van der Waals surface area contributed by atoms with Crippen molar-refractivity contribution in [1.82, 2.24) is 4.90 Å². The molecule has 1 heterocycles. The van der Waals surface area contributed by atoms with Gasteiger partial charge in [-0.1, -0.05) is 6.07 Å². The molecule has 6 heteroatoms. The Morgan fingerprint density at radius 2 is 2.22 bits per heavy atom. The second kappa shape index (κ2) is 4.97. The lowest BCUT2D eigenvalue weighted by Crippen LogP contribution is -2.42. The van der Waals surface area contributed by atoms with Gasteiger partial charge in [-0.15, -0.1) is 11.8 Å². The number of benzene rings is 1. The summed E-state index contributed by atoms with van der Waals surface area (Å²) in [7, 11) is 0. The first-order valence-electron chi connectivity index (χ1n) is 5.38. The smallest absolute Gasteiger partial charge is 0.327 e. The molecule has 4 nitrogen and oxygen atoms in total. The lowest BCUT2D eigenvalue weighted by Gasteiger charge is -2.21. The van der Waals surface area contributed by atoms with Crippen molar-refractivity contribution in [3.05, 3.63) is 35.1 Å². The summed E-state index contributed by atoms with van der Waals surface area (Å²) in [4.78, 5) is 24.5. The van der Waals surface area contributed by atoms with Gasteiger partial charge < -0.3 is 10.0 Å². The summed E-state index contributed by atoms with van der Waals surface area (Å²) < 4.78 is 13.2. The molecular weight excluding hydrogens is 257 g/mol. The molecule has 1 saturated heterocycles. The number of thioether (sulfide) groups is 1. The van der Waals surface area contributed by atoms with Crippen LogP contribution in [0, 0.1) is 12.7 Å². The van der Waals surface area contributed by atoms with E-state index in [1.54, 1.807) is 6.92 Å². The SMILES string of the molecule is Cc1ccc(F)cc1C(=O)N1CSCC1C(=O)O. The molecule has 1 atom stereocenters. The van der Waals surface area contributed by atoms with E-state index in [9.17, 15) is 14.0 Å². The largest absolute Gasteiger partial charge is 0.480 e. The van der Waals surface area contributed by atoms with Crippen molar-refractivity contribution in [3.8, 4) is 0 Å². The van der Waals surface area contributed by atoms with Gasteiger partial charge in [-0.05, 0) is 24.6 Å². The van der Waals surface area contributed by atoms with Crippen molar-refractivity contribution < 1.29 is 19.1 Å². The van der Waals surface area contributed by atoms with Gasteiger partial charge in [0.2, 0.25) is 0 Å². The number of amides is 1. The van der Waals surface area contributed by atoms with Gasteiger partial charge in [-0.25, -0.2) is 9.18 Å². The Labute approximate surface area is 108 Å². The van der Waals surface area contributed by atoms with Crippen LogP contribution >= 0.6 is 11.8 Å². The van der Waals surface area contributed by atoms with Gasteiger partial charge in [-0.2, -0.15) is 0 Å². The molecule has 0 saturated carbocycles. The van der Waals surface area contributed by atoms with Gasteiger partial charge in [0.15, 0.2) is 0 Å². The highest BCUT2D eigenvalue weighted by molar-refractivity contribution is 7.99. The zero-order chi connectivity index (χ0) is 13.3. The molecule has 0 aliphatic carbocycles. The number of aliphatic carboxylic acids is 1. The van der Waals surface area contributed by atoms with Crippen molar-refractivity contribution in [2.24, 2.45) is 0 Å². The highest BCUT2D eigenvalue weighted by Gasteiger charge is 2.35. The molecule has 1 aliphatic heterocycles. The first kappa shape index (κ1) is 12.9. The Hall–Kier alpha value is -1.56. The fraction of sp³-hybridized carbons (Fsp3) is 0.333. The van der Waals surface area contributed by atoms with E-state index >= 15 is 0 Å². The highest BCUT2D eigenvalue weighted by atomic mass is 32.2. The summed E-state index contributed by atoms with van der Waals surface area (Å²) in [6.07, 6.45) is 0. The molecule has 2 rings (SSSR count). The van der Waals surface area contributed by atoms with E-state index in [0.29, 0.717) is 17.2 Å². The summed E-state index contributed by atoms with van der Waals surface area (Å²) in [6, 6.07) is 3.12. The van der Waals surface area contributed by atoms with Crippen LogP contribution in [0.4, 0.5) is 4.39 Å². The van der Waals surface area contributed by atoms with E-state index in [1.165, 1.54) is 28.8 Å². The summed E-state index contributed by atoms with van der Waals surface area (Å²) >= 11 is 1.38. The van der Waals surface area contributed by atoms with Crippen LogP contribution in [0.15, 0.2) is 18.2 Å². The number of halogens is 1. The minimum atomic E-state index is -1.03. The zero-order valence-electron chi connectivity index (χ0n) is 9.72. The van der Waals surface area contributed by atoms with Crippen LogP contribution in [0.5, 0.6) is 0 Å². The minimum Gasteiger partial charge on any atom is -0.480 e. The predicted molar refractivity (Wildman–Crippen MR) is 66.1 cm³/mol. The monoisotopic (exact) mass is 269 g/mol. The maximum Gasteiger partial charge on any atom is 0.327 e. The molecule has 0 aromatic heterocycles. The number of carboxylic acids is 1. The predicted octanol–water partition coefficient (Wildman–Crippen LogP) is 1.73. The van der Waals surface area contributed by atoms with Crippen LogP contribution in [0.3, 0.4) is 0 Å². The fourth-order valence-electron chi connectivity index (χ4n) is 1.83. The molecule has 18 heavy (non-hydrogen) atoms. The van der Waals surface area contributed by atoms with E-state index in [1.807, 2.05) is 0 Å². The number of carbonyl (C=O) groups is 2. The molecule has 1 fully saturated rings. The molecule has 1 N–H and O–H groups in total. The van der Waals surface area contributed by atoms with E-state index in [4.69, 9.17) is 5.11 Å². The zero-order valence-corrected chi connectivity index (χ0v) is 10.5. The number of hydrogen-bond donors (Lipinski definition) is 1. The third kappa shape index (κ3) is 2.33. The number of aryl methyl sites for hydroxylation is 1. The summed E-state index contributed by atoms with van der Waals surface area (Å²) in [5.74, 6) is -1.25. The molecule has 1 unspecified atom stereocenters. The van der Waals surface area contributed by atoms with Crippen LogP contribution in [0.25, 0.3) is 0 Å². The van der Waals surface area contributed by atoms with E-state index in [0.717, 1.165) is 6.07 Å². The quantitative estimate of drug-likeness (QED) is 0.888. The second-order valence-electron chi connectivity index (χ2n) is 4.09. The van der Waals surface area contributed by atoms with Crippen LogP contribution in [0.2, 0.25) is 0 Å². The van der Waals surface area contributed by atoms with Gasteiger partial charge >= 0.3 is 5.97 Å². The maximum atomic E-state index is 13.2. The van der Waals surface area contributed by atoms with E-state index < -0.39 is 23.7 Å². The van der Waals surface area contributed by atoms with Crippen molar-refractivity contribution in [1.29, 1.82) is 0 Å². The Morgan fingerprint density at radius 3 is 2.89 bits per heavy atom. The second-order valence-corrected chi connectivity index (χ2v) is 5.09. The molecule has 1 aliphatic rings. The number of carboxylic acid groups (broad SMARTS) is 1. The van der Waals surface area contributed by atoms with Gasteiger partial charge in [0.1, 0.15) is 11.9 Å². The summed E-state index contributed by atoms with van der Waals surface area (Å²) in [5, 5.41) is 9.02. The van der Waals surface area contributed by atoms with Crippen LogP contribution in [-0.2, 0) is 4.79 Å². The lowest BCUT2D eigenvalue weighted by atomic mass is 10.1. The van der Waals surface area contributed by atoms with E-state index in [2.05, 4.69) is 0 Å². The third-order valence-electron chi connectivity index (χ3n) is 2.86. The molecule has 1 aromatic carbocycles. The summed E-state index contributed by atoms with van der Waals surface area (Å²) in [5.41, 5.74) is 0.867. The summed E-state index contributed by atoms with van der Waals surface area (Å²) in [6.45, 7) is 1.70. The Balaban J connectivity index is 2.31.